The standard InChI is InChI=1S/C13H20N2O/c1-3-14-8-10-15(11-9-14)12-6-4-5-7-13(12)16-2/h4-7H,3,8-11H2,1-2H3. The molecule has 1 fully saturated rings. The van der Waals surface area contributed by atoms with Crippen molar-refractivity contribution in [3.63, 3.8) is 0 Å². The maximum absolute atomic E-state index is 5.40. The molecular formula is C13H20N2O. The molecule has 0 saturated carbocycles. The fourth-order valence-corrected chi connectivity index (χ4v) is 2.20. The van der Waals surface area contributed by atoms with Gasteiger partial charge in [-0.15, -0.1) is 0 Å². The summed E-state index contributed by atoms with van der Waals surface area (Å²) in [7, 11) is 1.74. The molecule has 1 aliphatic heterocycles. The molecule has 1 heterocycles. The van der Waals surface area contributed by atoms with Crippen molar-refractivity contribution in [2.45, 2.75) is 6.92 Å². The molecule has 0 spiro atoms. The average molecular weight is 220 g/mol. The number of para-hydroxylation sites is 2. The van der Waals surface area contributed by atoms with Gasteiger partial charge in [-0.25, -0.2) is 0 Å². The van der Waals surface area contributed by atoms with Crippen LogP contribution in [0.1, 0.15) is 6.92 Å². The van der Waals surface area contributed by atoms with Crippen LogP contribution in [0.3, 0.4) is 0 Å². The van der Waals surface area contributed by atoms with Gasteiger partial charge in [0.1, 0.15) is 5.75 Å². The van der Waals surface area contributed by atoms with Crippen molar-refractivity contribution in [3.05, 3.63) is 24.3 Å². The van der Waals surface area contributed by atoms with Gasteiger partial charge in [0.25, 0.3) is 0 Å². The van der Waals surface area contributed by atoms with Crippen LogP contribution in [0.4, 0.5) is 5.69 Å². The first-order chi connectivity index (χ1) is 7.85. The van der Waals surface area contributed by atoms with Gasteiger partial charge in [0.05, 0.1) is 12.8 Å². The molecule has 3 nitrogen and oxygen atoms in total. The SMILES string of the molecule is CCN1CCN(c2ccccc2OC)CC1. The van der Waals surface area contributed by atoms with Crippen LogP contribution in [0, 0.1) is 0 Å². The first-order valence-corrected chi connectivity index (χ1v) is 5.95. The van der Waals surface area contributed by atoms with Crippen LogP contribution in [0.5, 0.6) is 5.75 Å². The van der Waals surface area contributed by atoms with E-state index < -0.39 is 0 Å². The van der Waals surface area contributed by atoms with Gasteiger partial charge in [0.15, 0.2) is 0 Å². The van der Waals surface area contributed by atoms with E-state index in [-0.39, 0.29) is 0 Å². The highest BCUT2D eigenvalue weighted by atomic mass is 16.5. The van der Waals surface area contributed by atoms with Crippen LogP contribution in [-0.2, 0) is 0 Å². The summed E-state index contributed by atoms with van der Waals surface area (Å²) in [5.41, 5.74) is 1.22. The minimum Gasteiger partial charge on any atom is -0.495 e. The molecule has 0 bridgehead atoms. The zero-order valence-corrected chi connectivity index (χ0v) is 10.1. The Balaban J connectivity index is 2.07. The first kappa shape index (κ1) is 11.3. The van der Waals surface area contributed by atoms with Gasteiger partial charge < -0.3 is 14.5 Å². The van der Waals surface area contributed by atoms with Crippen LogP contribution < -0.4 is 9.64 Å². The van der Waals surface area contributed by atoms with Gasteiger partial charge in [-0.1, -0.05) is 19.1 Å². The highest BCUT2D eigenvalue weighted by Gasteiger charge is 2.17. The number of ether oxygens (including phenoxy) is 1. The predicted molar refractivity (Wildman–Crippen MR) is 67.3 cm³/mol. The Hall–Kier alpha value is -1.22. The Morgan fingerprint density at radius 3 is 2.44 bits per heavy atom. The molecule has 16 heavy (non-hydrogen) atoms. The van der Waals surface area contributed by atoms with Crippen LogP contribution in [0.2, 0.25) is 0 Å². The smallest absolute Gasteiger partial charge is 0.142 e. The van der Waals surface area contributed by atoms with E-state index in [1.807, 2.05) is 12.1 Å². The predicted octanol–water partition coefficient (Wildman–Crippen LogP) is 1.84. The van der Waals surface area contributed by atoms with Gasteiger partial charge in [-0.3, -0.25) is 0 Å². The maximum atomic E-state index is 5.40. The van der Waals surface area contributed by atoms with E-state index in [4.69, 9.17) is 4.74 Å². The second-order valence-corrected chi connectivity index (χ2v) is 4.09. The summed E-state index contributed by atoms with van der Waals surface area (Å²) < 4.78 is 5.40. The molecule has 0 amide bonds. The third-order valence-corrected chi connectivity index (χ3v) is 3.25. The number of anilines is 1. The van der Waals surface area contributed by atoms with E-state index in [1.54, 1.807) is 7.11 Å². The zero-order chi connectivity index (χ0) is 11.4. The fraction of sp³-hybridized carbons (Fsp3) is 0.538. The molecular weight excluding hydrogens is 200 g/mol. The molecule has 0 aromatic heterocycles. The van der Waals surface area contributed by atoms with Crippen LogP contribution >= 0.6 is 0 Å². The molecule has 88 valence electrons. The summed E-state index contributed by atoms with van der Waals surface area (Å²) in [4.78, 5) is 4.89. The number of nitrogens with zero attached hydrogens (tertiary/aromatic N) is 2. The Morgan fingerprint density at radius 2 is 1.81 bits per heavy atom. The van der Waals surface area contributed by atoms with Crippen molar-refractivity contribution in [2.75, 3.05) is 44.7 Å². The van der Waals surface area contributed by atoms with E-state index in [2.05, 4.69) is 28.9 Å². The van der Waals surface area contributed by atoms with E-state index in [0.717, 1.165) is 38.5 Å². The largest absolute Gasteiger partial charge is 0.495 e. The molecule has 1 aromatic rings. The van der Waals surface area contributed by atoms with Crippen LogP contribution in [0.15, 0.2) is 24.3 Å². The molecule has 0 aliphatic carbocycles. The Kier molecular flexibility index (Phi) is 3.67. The molecule has 0 unspecified atom stereocenters. The van der Waals surface area contributed by atoms with Crippen molar-refractivity contribution in [1.29, 1.82) is 0 Å². The lowest BCUT2D eigenvalue weighted by atomic mass is 10.2. The Labute approximate surface area is 97.6 Å². The second-order valence-electron chi connectivity index (χ2n) is 4.09. The molecule has 1 aliphatic rings. The number of benzene rings is 1. The molecule has 0 radical (unpaired) electrons. The van der Waals surface area contributed by atoms with Gasteiger partial charge in [0, 0.05) is 26.2 Å². The first-order valence-electron chi connectivity index (χ1n) is 5.95. The molecule has 3 heteroatoms. The number of rotatable bonds is 3. The third kappa shape index (κ3) is 2.30. The summed E-state index contributed by atoms with van der Waals surface area (Å²) in [6.45, 7) is 7.85. The van der Waals surface area contributed by atoms with Gasteiger partial charge in [0.2, 0.25) is 0 Å². The number of methoxy groups -OCH3 is 1. The number of hydrogen-bond donors (Lipinski definition) is 0. The van der Waals surface area contributed by atoms with E-state index in [1.165, 1.54) is 5.69 Å². The fourth-order valence-electron chi connectivity index (χ4n) is 2.20. The van der Waals surface area contributed by atoms with E-state index in [9.17, 15) is 0 Å². The summed E-state index contributed by atoms with van der Waals surface area (Å²) >= 11 is 0. The second kappa shape index (κ2) is 5.21. The van der Waals surface area contributed by atoms with Crippen molar-refractivity contribution < 1.29 is 4.74 Å². The van der Waals surface area contributed by atoms with Crippen LogP contribution in [-0.4, -0.2) is 44.7 Å². The molecule has 2 rings (SSSR count). The third-order valence-electron chi connectivity index (χ3n) is 3.25. The highest BCUT2D eigenvalue weighted by molar-refractivity contribution is 5.58. The van der Waals surface area contributed by atoms with Crippen molar-refractivity contribution in [1.82, 2.24) is 4.90 Å². The monoisotopic (exact) mass is 220 g/mol. The lowest BCUT2D eigenvalue weighted by Gasteiger charge is -2.36. The molecule has 0 atom stereocenters. The summed E-state index contributed by atoms with van der Waals surface area (Å²) in [6.07, 6.45) is 0. The summed E-state index contributed by atoms with van der Waals surface area (Å²) in [5.74, 6) is 0.979. The van der Waals surface area contributed by atoms with Crippen LogP contribution in [0.25, 0.3) is 0 Å². The lowest BCUT2D eigenvalue weighted by molar-refractivity contribution is 0.270. The molecule has 1 aromatic carbocycles. The topological polar surface area (TPSA) is 15.7 Å². The Morgan fingerprint density at radius 1 is 1.12 bits per heavy atom. The minimum absolute atomic E-state index is 0.979. The maximum Gasteiger partial charge on any atom is 0.142 e. The number of piperazine rings is 1. The van der Waals surface area contributed by atoms with E-state index in [0.29, 0.717) is 0 Å². The number of hydrogen-bond acceptors (Lipinski definition) is 3. The number of likely N-dealkylation sites (N-methyl/N-ethyl adjacent to an activating group) is 1. The Bertz CT molecular complexity index is 332. The molecule has 1 saturated heterocycles. The van der Waals surface area contributed by atoms with Crippen molar-refractivity contribution in [2.24, 2.45) is 0 Å². The van der Waals surface area contributed by atoms with E-state index >= 15 is 0 Å². The highest BCUT2D eigenvalue weighted by Crippen LogP contribution is 2.28. The normalized spacial score (nSPS) is 17.5. The quantitative estimate of drug-likeness (QED) is 0.773. The minimum atomic E-state index is 0.979. The summed E-state index contributed by atoms with van der Waals surface area (Å²) in [5, 5.41) is 0. The molecule has 0 N–H and O–H groups in total. The van der Waals surface area contributed by atoms with Crippen molar-refractivity contribution >= 4 is 5.69 Å². The summed E-state index contributed by atoms with van der Waals surface area (Å²) in [6, 6.07) is 8.26. The lowest BCUT2D eigenvalue weighted by Crippen LogP contribution is -2.46. The van der Waals surface area contributed by atoms with Gasteiger partial charge in [-0.05, 0) is 18.7 Å². The van der Waals surface area contributed by atoms with Crippen molar-refractivity contribution in [3.8, 4) is 5.75 Å². The average Bonchev–Trinajstić information content (AvgIpc) is 2.39. The van der Waals surface area contributed by atoms with Gasteiger partial charge in [-0.2, -0.15) is 0 Å². The van der Waals surface area contributed by atoms with Gasteiger partial charge >= 0.3 is 0 Å². The zero-order valence-electron chi connectivity index (χ0n) is 10.1.